The highest BCUT2D eigenvalue weighted by Gasteiger charge is 2.09. The predicted molar refractivity (Wildman–Crippen MR) is 48.9 cm³/mol. The number of hydrogen-bond donors (Lipinski definition) is 2. The maximum atomic E-state index is 13.0. The molecule has 0 aromatic heterocycles. The molecule has 2 N–H and O–H groups in total. The summed E-state index contributed by atoms with van der Waals surface area (Å²) in [5, 5.41) is 15.4. The fourth-order valence-corrected chi connectivity index (χ4v) is 1.29. The summed E-state index contributed by atoms with van der Waals surface area (Å²) >= 11 is 0. The summed E-state index contributed by atoms with van der Waals surface area (Å²) in [6.45, 7) is 1.70. The van der Waals surface area contributed by atoms with E-state index in [9.17, 15) is 4.39 Å². The number of nitrogens with one attached hydrogen (secondary N) is 2. The second-order valence-corrected chi connectivity index (χ2v) is 3.01. The number of hydrogen-bond acceptors (Lipinski definition) is 2. The van der Waals surface area contributed by atoms with Gasteiger partial charge in [0.25, 0.3) is 0 Å². The van der Waals surface area contributed by atoms with Crippen molar-refractivity contribution in [1.29, 1.82) is 10.8 Å². The highest BCUT2D eigenvalue weighted by atomic mass is 19.1. The van der Waals surface area contributed by atoms with Crippen LogP contribution < -0.4 is 10.7 Å². The Hall–Kier alpha value is -1.91. The van der Waals surface area contributed by atoms with Gasteiger partial charge < -0.3 is 0 Å². The molecule has 0 radical (unpaired) electrons. The van der Waals surface area contributed by atoms with Crippen LogP contribution in [0.2, 0.25) is 0 Å². The number of benzene rings is 1. The zero-order valence-electron chi connectivity index (χ0n) is 7.43. The summed E-state index contributed by atoms with van der Waals surface area (Å²) in [6, 6.07) is 2.55. The van der Waals surface area contributed by atoms with E-state index in [4.69, 9.17) is 10.8 Å². The molecule has 0 fully saturated rings. The van der Waals surface area contributed by atoms with Crippen molar-refractivity contribution in [1.82, 2.24) is 0 Å². The molecule has 0 saturated heterocycles. The lowest BCUT2D eigenvalue weighted by Crippen LogP contribution is -2.36. The SMILES string of the molecule is Cc1cc(F)cc2c1=NC(=N)C(=N)N=2. The monoisotopic (exact) mass is 190 g/mol. The van der Waals surface area contributed by atoms with Gasteiger partial charge in [-0.3, -0.25) is 10.8 Å². The van der Waals surface area contributed by atoms with Crippen LogP contribution in [0.15, 0.2) is 22.1 Å². The summed E-state index contributed by atoms with van der Waals surface area (Å²) in [4.78, 5) is 7.64. The molecule has 0 atom stereocenters. The van der Waals surface area contributed by atoms with Crippen molar-refractivity contribution in [2.24, 2.45) is 9.98 Å². The van der Waals surface area contributed by atoms with Crippen LogP contribution in [0.25, 0.3) is 0 Å². The molecule has 0 spiro atoms. The van der Waals surface area contributed by atoms with Crippen LogP contribution in [0.3, 0.4) is 0 Å². The van der Waals surface area contributed by atoms with Crippen molar-refractivity contribution in [3.63, 3.8) is 0 Å². The van der Waals surface area contributed by atoms with Crippen molar-refractivity contribution < 1.29 is 4.39 Å². The van der Waals surface area contributed by atoms with Crippen LogP contribution in [0.1, 0.15) is 5.56 Å². The standard InChI is InChI=1S/C9H7FN4/c1-4-2-5(10)3-6-7(4)14-9(12)8(11)13-6/h2-3,11-12H,1H3. The fraction of sp³-hybridized carbons (Fsp3) is 0.111. The van der Waals surface area contributed by atoms with Crippen LogP contribution in [0.4, 0.5) is 4.39 Å². The Morgan fingerprint density at radius 3 is 2.50 bits per heavy atom. The molecule has 70 valence electrons. The Labute approximate surface area is 78.8 Å². The smallest absolute Gasteiger partial charge is 0.190 e. The molecule has 1 aromatic carbocycles. The average molecular weight is 190 g/mol. The molecule has 1 aromatic rings. The summed E-state index contributed by atoms with van der Waals surface area (Å²) < 4.78 is 13.0. The maximum Gasteiger partial charge on any atom is 0.190 e. The molecule has 2 rings (SSSR count). The van der Waals surface area contributed by atoms with Gasteiger partial charge in [0.15, 0.2) is 11.7 Å². The highest BCUT2D eigenvalue weighted by Crippen LogP contribution is 1.95. The first-order valence-electron chi connectivity index (χ1n) is 3.99. The minimum Gasteiger partial charge on any atom is -0.280 e. The Morgan fingerprint density at radius 2 is 1.79 bits per heavy atom. The molecule has 14 heavy (non-hydrogen) atoms. The highest BCUT2D eigenvalue weighted by molar-refractivity contribution is 6.39. The van der Waals surface area contributed by atoms with Crippen LogP contribution in [-0.2, 0) is 0 Å². The number of nitrogens with zero attached hydrogens (tertiary/aromatic N) is 2. The van der Waals surface area contributed by atoms with Crippen LogP contribution in [-0.4, -0.2) is 11.7 Å². The molecule has 1 aliphatic rings. The van der Waals surface area contributed by atoms with Crippen LogP contribution in [0, 0.1) is 23.6 Å². The van der Waals surface area contributed by atoms with E-state index in [2.05, 4.69) is 9.98 Å². The maximum absolute atomic E-state index is 13.0. The van der Waals surface area contributed by atoms with Crippen molar-refractivity contribution in [3.05, 3.63) is 34.2 Å². The first kappa shape index (κ1) is 8.68. The average Bonchev–Trinajstić information content (AvgIpc) is 2.08. The number of amidine groups is 2. The van der Waals surface area contributed by atoms with E-state index in [0.717, 1.165) is 0 Å². The Kier molecular flexibility index (Phi) is 1.73. The topological polar surface area (TPSA) is 72.4 Å². The van der Waals surface area contributed by atoms with Crippen molar-refractivity contribution in [2.45, 2.75) is 6.92 Å². The second kappa shape index (κ2) is 2.80. The largest absolute Gasteiger partial charge is 0.280 e. The number of aryl methyl sites for hydroxylation is 1. The van der Waals surface area contributed by atoms with E-state index in [1.54, 1.807) is 6.92 Å². The number of fused-ring (bicyclic) bond motifs is 1. The second-order valence-electron chi connectivity index (χ2n) is 3.01. The van der Waals surface area contributed by atoms with E-state index in [1.807, 2.05) is 0 Å². The van der Waals surface area contributed by atoms with Crippen molar-refractivity contribution in [3.8, 4) is 0 Å². The quantitative estimate of drug-likeness (QED) is 0.592. The molecule has 0 aliphatic carbocycles. The van der Waals surface area contributed by atoms with Gasteiger partial charge in [0.2, 0.25) is 0 Å². The number of rotatable bonds is 0. The van der Waals surface area contributed by atoms with Gasteiger partial charge in [-0.1, -0.05) is 0 Å². The lowest BCUT2D eigenvalue weighted by Gasteiger charge is -2.03. The number of halogens is 1. The summed E-state index contributed by atoms with van der Waals surface area (Å²) in [5.41, 5.74) is 0.626. The Bertz CT molecular complexity index is 559. The molecular formula is C9H7FN4. The van der Waals surface area contributed by atoms with E-state index in [-0.39, 0.29) is 11.7 Å². The Morgan fingerprint density at radius 1 is 1.14 bits per heavy atom. The van der Waals surface area contributed by atoms with Crippen LogP contribution >= 0.6 is 0 Å². The van der Waals surface area contributed by atoms with Gasteiger partial charge >= 0.3 is 0 Å². The first-order chi connectivity index (χ1) is 6.58. The van der Waals surface area contributed by atoms with Crippen molar-refractivity contribution in [2.75, 3.05) is 0 Å². The zero-order valence-corrected chi connectivity index (χ0v) is 7.43. The van der Waals surface area contributed by atoms with Gasteiger partial charge in [-0.25, -0.2) is 14.4 Å². The molecule has 0 unspecified atom stereocenters. The minimum atomic E-state index is -0.401. The van der Waals surface area contributed by atoms with Gasteiger partial charge in [0.1, 0.15) is 5.82 Å². The molecule has 0 bridgehead atoms. The third-order valence-corrected chi connectivity index (χ3v) is 1.93. The van der Waals surface area contributed by atoms with E-state index < -0.39 is 5.82 Å². The van der Waals surface area contributed by atoms with Gasteiger partial charge in [0, 0.05) is 6.07 Å². The Balaban J connectivity index is 2.92. The molecule has 4 nitrogen and oxygen atoms in total. The summed E-state index contributed by atoms with van der Waals surface area (Å²) in [5.74, 6) is -0.823. The van der Waals surface area contributed by atoms with Gasteiger partial charge in [-0.05, 0) is 18.6 Å². The van der Waals surface area contributed by atoms with Gasteiger partial charge in [-0.15, -0.1) is 0 Å². The normalized spacial score (nSPS) is 14.4. The van der Waals surface area contributed by atoms with Gasteiger partial charge in [-0.2, -0.15) is 0 Å². The molecule has 5 heteroatoms. The minimum absolute atomic E-state index is 0.188. The lowest BCUT2D eigenvalue weighted by atomic mass is 10.2. The summed E-state index contributed by atoms with van der Waals surface area (Å²) in [6.07, 6.45) is 0. The van der Waals surface area contributed by atoms with E-state index in [0.29, 0.717) is 16.3 Å². The summed E-state index contributed by atoms with van der Waals surface area (Å²) in [7, 11) is 0. The molecular weight excluding hydrogens is 183 g/mol. The fourth-order valence-electron chi connectivity index (χ4n) is 1.29. The molecule has 0 saturated carbocycles. The third-order valence-electron chi connectivity index (χ3n) is 1.93. The van der Waals surface area contributed by atoms with E-state index >= 15 is 0 Å². The predicted octanol–water partition coefficient (Wildman–Crippen LogP) is 0.341. The third kappa shape index (κ3) is 1.22. The first-order valence-corrected chi connectivity index (χ1v) is 3.99. The molecule has 1 aliphatic heterocycles. The molecule has 1 heterocycles. The zero-order chi connectivity index (χ0) is 10.3. The van der Waals surface area contributed by atoms with Crippen LogP contribution in [0.5, 0.6) is 0 Å². The lowest BCUT2D eigenvalue weighted by molar-refractivity contribution is 0.623. The van der Waals surface area contributed by atoms with Gasteiger partial charge in [0.05, 0.1) is 10.7 Å². The van der Waals surface area contributed by atoms with Crippen molar-refractivity contribution >= 4 is 11.7 Å². The van der Waals surface area contributed by atoms with E-state index in [1.165, 1.54) is 12.1 Å². The molecule has 0 amide bonds.